The van der Waals surface area contributed by atoms with Crippen LogP contribution in [0.15, 0.2) is 108 Å². The Balaban J connectivity index is 1.56. The molecule has 4 aromatic carbocycles. The standard InChI is InChI=1S/C39H44FN3O5S/c1-3-48-34-22-24-35(25-23-34)49(46,47)43(33-20-18-29(2)19-21-33)28-38(44)42(27-31-14-10-11-17-36(31)40)37(26-30-12-6-4-7-13-30)39(45)41-32-15-8-5-9-16-32/h4,6-7,10-14,17-25,32,37H,3,5,8-9,15-16,26-28H2,1-2H3,(H,41,45)/t37-/m1/s1. The topological polar surface area (TPSA) is 96.0 Å². The molecule has 1 atom stereocenters. The van der Waals surface area contributed by atoms with E-state index in [1.165, 1.54) is 23.1 Å². The fraction of sp³-hybridized carbons (Fsp3) is 0.333. The first kappa shape index (κ1) is 35.6. The van der Waals surface area contributed by atoms with E-state index in [9.17, 15) is 18.0 Å². The molecule has 49 heavy (non-hydrogen) atoms. The van der Waals surface area contributed by atoms with Gasteiger partial charge in [-0.15, -0.1) is 0 Å². The van der Waals surface area contributed by atoms with Crippen molar-refractivity contribution in [3.05, 3.63) is 126 Å². The van der Waals surface area contributed by atoms with Gasteiger partial charge in [-0.05, 0) is 74.7 Å². The third kappa shape index (κ3) is 9.26. The van der Waals surface area contributed by atoms with E-state index in [0.29, 0.717) is 12.4 Å². The van der Waals surface area contributed by atoms with Crippen LogP contribution in [0, 0.1) is 12.7 Å². The van der Waals surface area contributed by atoms with Gasteiger partial charge in [0.15, 0.2) is 0 Å². The van der Waals surface area contributed by atoms with Crippen molar-refractivity contribution in [3.63, 3.8) is 0 Å². The summed E-state index contributed by atoms with van der Waals surface area (Å²) in [5.41, 5.74) is 2.23. The Labute approximate surface area is 289 Å². The minimum atomic E-state index is -4.28. The predicted octanol–water partition coefficient (Wildman–Crippen LogP) is 6.82. The maximum absolute atomic E-state index is 15.2. The zero-order valence-corrected chi connectivity index (χ0v) is 28.9. The highest BCUT2D eigenvalue weighted by Gasteiger charge is 2.35. The van der Waals surface area contributed by atoms with Gasteiger partial charge < -0.3 is 15.0 Å². The van der Waals surface area contributed by atoms with Gasteiger partial charge in [0, 0.05) is 24.6 Å². The molecule has 1 saturated carbocycles. The molecule has 0 heterocycles. The van der Waals surface area contributed by atoms with Crippen molar-refractivity contribution in [2.75, 3.05) is 17.5 Å². The first-order valence-corrected chi connectivity index (χ1v) is 18.3. The predicted molar refractivity (Wildman–Crippen MR) is 189 cm³/mol. The van der Waals surface area contributed by atoms with Crippen molar-refractivity contribution in [2.45, 2.75) is 75.9 Å². The third-order valence-electron chi connectivity index (χ3n) is 8.84. The van der Waals surface area contributed by atoms with Crippen LogP contribution in [0.3, 0.4) is 0 Å². The summed E-state index contributed by atoms with van der Waals surface area (Å²) in [6, 6.07) is 27.2. The van der Waals surface area contributed by atoms with Gasteiger partial charge in [-0.3, -0.25) is 13.9 Å². The second kappa shape index (κ2) is 16.6. The van der Waals surface area contributed by atoms with Gasteiger partial charge in [-0.25, -0.2) is 12.8 Å². The normalized spacial score (nSPS) is 14.1. The number of nitrogens with one attached hydrogen (secondary N) is 1. The molecule has 0 saturated heterocycles. The summed E-state index contributed by atoms with van der Waals surface area (Å²) < 4.78 is 50.3. The van der Waals surface area contributed by atoms with Crippen LogP contribution < -0.4 is 14.4 Å². The number of anilines is 1. The first-order chi connectivity index (χ1) is 23.7. The van der Waals surface area contributed by atoms with E-state index in [0.717, 1.165) is 47.5 Å². The maximum Gasteiger partial charge on any atom is 0.264 e. The Morgan fingerprint density at radius 2 is 1.53 bits per heavy atom. The molecule has 0 radical (unpaired) electrons. The van der Waals surface area contributed by atoms with E-state index >= 15 is 4.39 Å². The summed E-state index contributed by atoms with van der Waals surface area (Å²) in [5.74, 6) is -0.998. The van der Waals surface area contributed by atoms with Crippen LogP contribution in [0.4, 0.5) is 10.1 Å². The lowest BCUT2D eigenvalue weighted by molar-refractivity contribution is -0.140. The zero-order chi connectivity index (χ0) is 34.8. The molecule has 1 aliphatic carbocycles. The molecule has 258 valence electrons. The van der Waals surface area contributed by atoms with E-state index in [-0.39, 0.29) is 41.1 Å². The van der Waals surface area contributed by atoms with Crippen LogP contribution in [0.25, 0.3) is 0 Å². The summed E-state index contributed by atoms with van der Waals surface area (Å²) in [4.78, 5) is 30.1. The van der Waals surface area contributed by atoms with Crippen molar-refractivity contribution in [2.24, 2.45) is 0 Å². The molecule has 0 spiro atoms. The molecule has 8 nitrogen and oxygen atoms in total. The van der Waals surface area contributed by atoms with Crippen molar-refractivity contribution in [1.29, 1.82) is 0 Å². The smallest absolute Gasteiger partial charge is 0.264 e. The fourth-order valence-electron chi connectivity index (χ4n) is 6.15. The Bertz CT molecular complexity index is 1790. The fourth-order valence-corrected chi connectivity index (χ4v) is 7.56. The van der Waals surface area contributed by atoms with Gasteiger partial charge in [0.05, 0.1) is 17.2 Å². The Morgan fingerprint density at radius 3 is 2.18 bits per heavy atom. The molecule has 0 aromatic heterocycles. The van der Waals surface area contributed by atoms with Gasteiger partial charge in [-0.1, -0.05) is 85.5 Å². The van der Waals surface area contributed by atoms with E-state index in [2.05, 4.69) is 5.32 Å². The van der Waals surface area contributed by atoms with Crippen molar-refractivity contribution in [1.82, 2.24) is 10.2 Å². The van der Waals surface area contributed by atoms with Gasteiger partial charge in [0.2, 0.25) is 11.8 Å². The van der Waals surface area contributed by atoms with Crippen LogP contribution in [0.5, 0.6) is 5.75 Å². The van der Waals surface area contributed by atoms with Gasteiger partial charge in [-0.2, -0.15) is 0 Å². The molecular weight excluding hydrogens is 642 g/mol. The lowest BCUT2D eigenvalue weighted by Crippen LogP contribution is -2.55. The molecular formula is C39H44FN3O5S. The molecule has 1 N–H and O–H groups in total. The molecule has 1 fully saturated rings. The summed E-state index contributed by atoms with van der Waals surface area (Å²) >= 11 is 0. The average molecular weight is 686 g/mol. The van der Waals surface area contributed by atoms with E-state index in [4.69, 9.17) is 4.74 Å². The Kier molecular flexibility index (Phi) is 12.1. The molecule has 1 aliphatic rings. The number of ether oxygens (including phenoxy) is 1. The molecule has 5 rings (SSSR count). The number of rotatable bonds is 14. The van der Waals surface area contributed by atoms with Crippen LogP contribution in [0.2, 0.25) is 0 Å². The number of hydrogen-bond acceptors (Lipinski definition) is 5. The number of nitrogens with zero attached hydrogens (tertiary/aromatic N) is 2. The second-order valence-corrected chi connectivity index (χ2v) is 14.3. The highest BCUT2D eigenvalue weighted by Crippen LogP contribution is 2.27. The third-order valence-corrected chi connectivity index (χ3v) is 10.6. The lowest BCUT2D eigenvalue weighted by atomic mass is 9.94. The Hall–Kier alpha value is -4.70. The maximum atomic E-state index is 15.2. The molecule has 4 aromatic rings. The minimum Gasteiger partial charge on any atom is -0.494 e. The van der Waals surface area contributed by atoms with Crippen LogP contribution in [-0.2, 0) is 32.6 Å². The number of hydrogen-bond donors (Lipinski definition) is 1. The summed E-state index contributed by atoms with van der Waals surface area (Å²) in [6.45, 7) is 3.30. The monoisotopic (exact) mass is 685 g/mol. The number of halogens is 1. The largest absolute Gasteiger partial charge is 0.494 e. The van der Waals surface area contributed by atoms with Crippen molar-refractivity contribution >= 4 is 27.5 Å². The zero-order valence-electron chi connectivity index (χ0n) is 28.1. The average Bonchev–Trinajstić information content (AvgIpc) is 3.11. The van der Waals surface area contributed by atoms with Crippen LogP contribution in [-0.4, -0.2) is 50.4 Å². The lowest BCUT2D eigenvalue weighted by Gasteiger charge is -2.35. The number of amides is 2. The summed E-state index contributed by atoms with van der Waals surface area (Å²) in [6.07, 6.45) is 4.95. The first-order valence-electron chi connectivity index (χ1n) is 16.8. The van der Waals surface area contributed by atoms with Gasteiger partial charge >= 0.3 is 0 Å². The molecule has 0 unspecified atom stereocenters. The van der Waals surface area contributed by atoms with E-state index < -0.39 is 34.3 Å². The van der Waals surface area contributed by atoms with Crippen molar-refractivity contribution < 1.29 is 27.1 Å². The molecule has 0 bridgehead atoms. The number of carbonyl (C=O) groups excluding carboxylic acids is 2. The molecule has 0 aliphatic heterocycles. The highest BCUT2D eigenvalue weighted by atomic mass is 32.2. The molecule has 10 heteroatoms. The number of carbonyl (C=O) groups is 2. The number of sulfonamides is 1. The SMILES string of the molecule is CCOc1ccc(S(=O)(=O)N(CC(=O)N(Cc2ccccc2F)[C@H](Cc2ccccc2)C(=O)NC2CCCCC2)c2ccc(C)cc2)cc1. The number of aryl methyl sites for hydroxylation is 1. The summed E-state index contributed by atoms with van der Waals surface area (Å²) in [7, 11) is -4.28. The van der Waals surface area contributed by atoms with Crippen LogP contribution in [0.1, 0.15) is 55.7 Å². The van der Waals surface area contributed by atoms with E-state index in [1.54, 1.807) is 54.6 Å². The molecule has 2 amide bonds. The highest BCUT2D eigenvalue weighted by molar-refractivity contribution is 7.92. The quantitative estimate of drug-likeness (QED) is 0.157. The van der Waals surface area contributed by atoms with E-state index in [1.807, 2.05) is 44.2 Å². The number of benzene rings is 4. The van der Waals surface area contributed by atoms with Gasteiger partial charge in [0.25, 0.3) is 10.0 Å². The van der Waals surface area contributed by atoms with Crippen LogP contribution >= 0.6 is 0 Å². The summed E-state index contributed by atoms with van der Waals surface area (Å²) in [5, 5.41) is 3.17. The Morgan fingerprint density at radius 1 is 0.878 bits per heavy atom. The minimum absolute atomic E-state index is 0.0270. The second-order valence-electron chi connectivity index (χ2n) is 12.4. The van der Waals surface area contributed by atoms with Gasteiger partial charge in [0.1, 0.15) is 24.2 Å². The van der Waals surface area contributed by atoms with Crippen molar-refractivity contribution in [3.8, 4) is 5.75 Å².